The van der Waals surface area contributed by atoms with E-state index in [0.29, 0.717) is 6.54 Å². The van der Waals surface area contributed by atoms with Crippen LogP contribution in [0.1, 0.15) is 38.2 Å². The third-order valence-corrected chi connectivity index (χ3v) is 4.90. The molecule has 6 heteroatoms. The van der Waals surface area contributed by atoms with Gasteiger partial charge in [0.1, 0.15) is 6.04 Å². The van der Waals surface area contributed by atoms with Crippen molar-refractivity contribution in [3.63, 3.8) is 0 Å². The van der Waals surface area contributed by atoms with Gasteiger partial charge in [0.15, 0.2) is 0 Å². The quantitative estimate of drug-likeness (QED) is 0.800. The zero-order chi connectivity index (χ0) is 18.4. The van der Waals surface area contributed by atoms with Crippen molar-refractivity contribution >= 4 is 11.8 Å². The van der Waals surface area contributed by atoms with E-state index >= 15 is 0 Å². The predicted molar refractivity (Wildman–Crippen MR) is 99.8 cm³/mol. The van der Waals surface area contributed by atoms with Gasteiger partial charge < -0.3 is 10.6 Å². The normalized spacial score (nSPS) is 15.6. The first-order valence-corrected chi connectivity index (χ1v) is 9.30. The summed E-state index contributed by atoms with van der Waals surface area (Å²) in [7, 11) is 0. The molecule has 0 unspecified atom stereocenters. The van der Waals surface area contributed by atoms with Gasteiger partial charge in [0, 0.05) is 24.9 Å². The summed E-state index contributed by atoms with van der Waals surface area (Å²) in [5, 5.41) is 9.93. The van der Waals surface area contributed by atoms with E-state index in [9.17, 15) is 9.59 Å². The number of benzene rings is 1. The number of aromatic nitrogens is 2. The highest BCUT2D eigenvalue weighted by Crippen LogP contribution is 2.24. The van der Waals surface area contributed by atoms with Gasteiger partial charge in [0.25, 0.3) is 0 Å². The Labute approximate surface area is 154 Å². The highest BCUT2D eigenvalue weighted by molar-refractivity contribution is 5.88. The molecule has 26 heavy (non-hydrogen) atoms. The van der Waals surface area contributed by atoms with Crippen LogP contribution in [0.3, 0.4) is 0 Å². The molecule has 1 aliphatic rings. The molecular weight excluding hydrogens is 328 g/mol. The van der Waals surface area contributed by atoms with E-state index < -0.39 is 6.04 Å². The van der Waals surface area contributed by atoms with Gasteiger partial charge in [-0.15, -0.1) is 0 Å². The van der Waals surface area contributed by atoms with Gasteiger partial charge in [-0.2, -0.15) is 5.10 Å². The number of hydrogen-bond donors (Lipinski definition) is 2. The van der Waals surface area contributed by atoms with Crippen LogP contribution in [0.25, 0.3) is 5.69 Å². The zero-order valence-corrected chi connectivity index (χ0v) is 15.1. The van der Waals surface area contributed by atoms with Crippen LogP contribution in [0.5, 0.6) is 0 Å². The van der Waals surface area contributed by atoms with E-state index in [-0.39, 0.29) is 17.7 Å². The van der Waals surface area contributed by atoms with E-state index in [1.807, 2.05) is 36.5 Å². The van der Waals surface area contributed by atoms with E-state index in [4.69, 9.17) is 0 Å². The molecule has 0 radical (unpaired) electrons. The summed E-state index contributed by atoms with van der Waals surface area (Å²) in [5.74, 6) is -0.0394. The van der Waals surface area contributed by atoms with Crippen LogP contribution in [-0.2, 0) is 16.0 Å². The summed E-state index contributed by atoms with van der Waals surface area (Å²) < 4.78 is 1.81. The SMILES string of the molecule is C[C@H](NC(=O)C1CCCC1)C(=O)NCCc1ccc(-n2cccn2)cc1. The molecule has 138 valence electrons. The largest absolute Gasteiger partial charge is 0.354 e. The minimum absolute atomic E-state index is 0.0133. The smallest absolute Gasteiger partial charge is 0.242 e. The molecule has 6 nitrogen and oxygen atoms in total. The van der Waals surface area contributed by atoms with Crippen molar-refractivity contribution in [2.24, 2.45) is 5.92 Å². The first-order valence-electron chi connectivity index (χ1n) is 9.30. The predicted octanol–water partition coefficient (Wildman–Crippen LogP) is 2.23. The summed E-state index contributed by atoms with van der Waals surface area (Å²) in [4.78, 5) is 24.2. The van der Waals surface area contributed by atoms with Gasteiger partial charge in [-0.1, -0.05) is 25.0 Å². The second-order valence-corrected chi connectivity index (χ2v) is 6.87. The fraction of sp³-hybridized carbons (Fsp3) is 0.450. The number of carbonyl (C=O) groups excluding carboxylic acids is 2. The number of carbonyl (C=O) groups is 2. The van der Waals surface area contributed by atoms with Crippen LogP contribution in [-0.4, -0.2) is 34.2 Å². The second-order valence-electron chi connectivity index (χ2n) is 6.87. The third-order valence-electron chi connectivity index (χ3n) is 4.90. The lowest BCUT2D eigenvalue weighted by Gasteiger charge is -2.16. The zero-order valence-electron chi connectivity index (χ0n) is 15.1. The Bertz CT molecular complexity index is 719. The summed E-state index contributed by atoms with van der Waals surface area (Å²) >= 11 is 0. The average molecular weight is 354 g/mol. The van der Waals surface area contributed by atoms with E-state index in [0.717, 1.165) is 43.4 Å². The Balaban J connectivity index is 1.40. The number of hydrogen-bond acceptors (Lipinski definition) is 3. The molecule has 1 atom stereocenters. The molecule has 0 bridgehead atoms. The average Bonchev–Trinajstić information content (AvgIpc) is 3.36. The van der Waals surface area contributed by atoms with Gasteiger partial charge in [-0.25, -0.2) is 4.68 Å². The van der Waals surface area contributed by atoms with Crippen molar-refractivity contribution < 1.29 is 9.59 Å². The fourth-order valence-electron chi connectivity index (χ4n) is 3.30. The van der Waals surface area contributed by atoms with E-state index in [2.05, 4.69) is 15.7 Å². The lowest BCUT2D eigenvalue weighted by Crippen LogP contribution is -2.46. The Kier molecular flexibility index (Phi) is 6.04. The molecule has 1 heterocycles. The van der Waals surface area contributed by atoms with Crippen LogP contribution >= 0.6 is 0 Å². The Hall–Kier alpha value is -2.63. The molecule has 3 rings (SSSR count). The molecule has 0 spiro atoms. The van der Waals surface area contributed by atoms with Gasteiger partial charge >= 0.3 is 0 Å². The summed E-state index contributed by atoms with van der Waals surface area (Å²) in [6, 6.07) is 9.48. The van der Waals surface area contributed by atoms with Crippen LogP contribution in [0.2, 0.25) is 0 Å². The monoisotopic (exact) mass is 354 g/mol. The van der Waals surface area contributed by atoms with Crippen molar-refractivity contribution in [3.05, 3.63) is 48.3 Å². The Morgan fingerprint density at radius 3 is 2.62 bits per heavy atom. The molecule has 2 amide bonds. The lowest BCUT2D eigenvalue weighted by molar-refractivity contribution is -0.130. The number of amides is 2. The van der Waals surface area contributed by atoms with Crippen LogP contribution in [0.4, 0.5) is 0 Å². The topological polar surface area (TPSA) is 76.0 Å². The first-order chi connectivity index (χ1) is 12.6. The van der Waals surface area contributed by atoms with E-state index in [1.165, 1.54) is 0 Å². The Morgan fingerprint density at radius 2 is 1.96 bits per heavy atom. The second kappa shape index (κ2) is 8.65. The molecule has 0 saturated heterocycles. The molecule has 1 aromatic heterocycles. The van der Waals surface area contributed by atoms with Gasteiger partial charge in [-0.3, -0.25) is 9.59 Å². The molecule has 0 aliphatic heterocycles. The van der Waals surface area contributed by atoms with Gasteiger partial charge in [0.05, 0.1) is 5.69 Å². The lowest BCUT2D eigenvalue weighted by atomic mass is 10.1. The van der Waals surface area contributed by atoms with Gasteiger partial charge in [-0.05, 0) is 49.9 Å². The van der Waals surface area contributed by atoms with Crippen molar-refractivity contribution in [3.8, 4) is 5.69 Å². The molecule has 2 aromatic rings. The summed E-state index contributed by atoms with van der Waals surface area (Å²) in [6.07, 6.45) is 8.49. The molecule has 2 N–H and O–H groups in total. The third kappa shape index (κ3) is 4.71. The van der Waals surface area contributed by atoms with Crippen molar-refractivity contribution in [2.75, 3.05) is 6.54 Å². The molecule has 1 aliphatic carbocycles. The minimum Gasteiger partial charge on any atom is -0.354 e. The van der Waals surface area contributed by atoms with E-state index in [1.54, 1.807) is 17.8 Å². The molecule has 1 fully saturated rings. The summed E-state index contributed by atoms with van der Waals surface area (Å²) in [6.45, 7) is 2.28. The Morgan fingerprint density at radius 1 is 1.23 bits per heavy atom. The van der Waals surface area contributed by atoms with Crippen LogP contribution in [0, 0.1) is 5.92 Å². The van der Waals surface area contributed by atoms with Crippen LogP contribution in [0.15, 0.2) is 42.7 Å². The molecular formula is C20H26N4O2. The highest BCUT2D eigenvalue weighted by atomic mass is 16.2. The number of rotatable bonds is 7. The van der Waals surface area contributed by atoms with Crippen molar-refractivity contribution in [2.45, 2.75) is 45.1 Å². The number of nitrogens with zero attached hydrogens (tertiary/aromatic N) is 2. The standard InChI is InChI=1S/C20H26N4O2/c1-15(23-20(26)17-5-2-3-6-17)19(25)21-13-11-16-7-9-18(10-8-16)24-14-4-12-22-24/h4,7-10,12,14-15,17H,2-3,5-6,11,13H2,1H3,(H,21,25)(H,23,26)/t15-/m0/s1. The first kappa shape index (κ1) is 18.2. The fourth-order valence-corrected chi connectivity index (χ4v) is 3.30. The maximum absolute atomic E-state index is 12.2. The number of nitrogens with one attached hydrogen (secondary N) is 2. The van der Waals surface area contributed by atoms with Crippen molar-refractivity contribution in [1.29, 1.82) is 0 Å². The minimum atomic E-state index is -0.495. The molecule has 1 aromatic carbocycles. The van der Waals surface area contributed by atoms with Crippen LogP contribution < -0.4 is 10.6 Å². The maximum atomic E-state index is 12.2. The highest BCUT2D eigenvalue weighted by Gasteiger charge is 2.25. The maximum Gasteiger partial charge on any atom is 0.242 e. The summed E-state index contributed by atoms with van der Waals surface area (Å²) in [5.41, 5.74) is 2.15. The van der Waals surface area contributed by atoms with Crippen molar-refractivity contribution in [1.82, 2.24) is 20.4 Å². The van der Waals surface area contributed by atoms with Gasteiger partial charge in [0.2, 0.25) is 11.8 Å². The molecule has 1 saturated carbocycles.